The zero-order valence-corrected chi connectivity index (χ0v) is 11.9. The Kier molecular flexibility index (Phi) is 21.1. The molecule has 0 bridgehead atoms. The molecule has 0 atom stereocenters. The largest absolute Gasteiger partial charge is 2.00 e. The molecular formula is C4H4N2S4Zn. The van der Waals surface area contributed by atoms with Gasteiger partial charge in [0.2, 0.25) is 0 Å². The summed E-state index contributed by atoms with van der Waals surface area (Å²) in [4.78, 5) is 6.37. The fourth-order valence-corrected chi connectivity index (χ4v) is 0. The Morgan fingerprint density at radius 2 is 1.09 bits per heavy atom. The second-order valence-electron chi connectivity index (χ2n) is 0.848. The standard InChI is InChI=1S/2C2H3NS2.Zn/c2*1-3-2(4)5;/h2*1H2,(H,4,5);/q;;+2/p-2. The van der Waals surface area contributed by atoms with Crippen molar-refractivity contribution in [1.29, 1.82) is 0 Å². The molecule has 0 rings (SSSR count). The van der Waals surface area contributed by atoms with E-state index in [0.29, 0.717) is 0 Å². The van der Waals surface area contributed by atoms with Crippen molar-refractivity contribution in [2.45, 2.75) is 0 Å². The summed E-state index contributed by atoms with van der Waals surface area (Å²) in [6.45, 7) is 6.13. The van der Waals surface area contributed by atoms with Crippen LogP contribution in [0.1, 0.15) is 0 Å². The van der Waals surface area contributed by atoms with Crippen LogP contribution in [0.5, 0.6) is 0 Å². The van der Waals surface area contributed by atoms with E-state index in [1.807, 2.05) is 0 Å². The van der Waals surface area contributed by atoms with Crippen molar-refractivity contribution < 1.29 is 19.5 Å². The van der Waals surface area contributed by atoms with Crippen LogP contribution in [0.15, 0.2) is 9.98 Å². The molecule has 11 heavy (non-hydrogen) atoms. The Bertz CT molecular complexity index is 140. The summed E-state index contributed by atoms with van der Waals surface area (Å²) in [7, 11) is 0. The molecule has 2 nitrogen and oxygen atoms in total. The van der Waals surface area contributed by atoms with Crippen LogP contribution >= 0.6 is 24.4 Å². The molecule has 0 saturated carbocycles. The Labute approximate surface area is 101 Å². The monoisotopic (exact) mass is 272 g/mol. The van der Waals surface area contributed by atoms with Crippen LogP contribution < -0.4 is 0 Å². The Morgan fingerprint density at radius 1 is 1.00 bits per heavy atom. The van der Waals surface area contributed by atoms with Crippen molar-refractivity contribution in [3.63, 3.8) is 0 Å². The van der Waals surface area contributed by atoms with E-state index in [2.05, 4.69) is 73.1 Å². The van der Waals surface area contributed by atoms with Crippen molar-refractivity contribution in [2.75, 3.05) is 0 Å². The number of thiocarbonyl (C=S) groups is 2. The first kappa shape index (κ1) is 17.6. The maximum atomic E-state index is 4.28. The zero-order valence-electron chi connectivity index (χ0n) is 5.65. The smallest absolute Gasteiger partial charge is 0.409 e. The number of hydrogen-bond donors (Lipinski definition) is 0. The molecule has 7 heteroatoms. The first-order valence-electron chi connectivity index (χ1n) is 1.90. The van der Waals surface area contributed by atoms with Crippen molar-refractivity contribution in [3.05, 3.63) is 0 Å². The SMILES string of the molecule is C=NC(=S)[S-].C=NC(=S)[S-].[Zn+2]. The average Bonchev–Trinajstić information content (AvgIpc) is 1.89. The van der Waals surface area contributed by atoms with Crippen molar-refractivity contribution >= 4 is 71.8 Å². The minimum Gasteiger partial charge on any atom is -0.409 e. The molecule has 0 aliphatic rings. The van der Waals surface area contributed by atoms with Gasteiger partial charge in [0.05, 0.1) is 0 Å². The van der Waals surface area contributed by atoms with Crippen LogP contribution in [-0.4, -0.2) is 22.1 Å². The van der Waals surface area contributed by atoms with Gasteiger partial charge in [-0.3, -0.25) is 9.98 Å². The summed E-state index contributed by atoms with van der Waals surface area (Å²) in [6, 6.07) is 0. The van der Waals surface area contributed by atoms with Gasteiger partial charge < -0.3 is 49.7 Å². The van der Waals surface area contributed by atoms with Crippen molar-refractivity contribution in [3.8, 4) is 0 Å². The molecule has 0 heterocycles. The molecule has 0 unspecified atom stereocenters. The van der Waals surface area contributed by atoms with Gasteiger partial charge in [0.25, 0.3) is 0 Å². The summed E-state index contributed by atoms with van der Waals surface area (Å²) >= 11 is 17.1. The van der Waals surface area contributed by atoms with Gasteiger partial charge in [-0.1, -0.05) is 0 Å². The molecular weight excluding hydrogens is 270 g/mol. The van der Waals surface area contributed by atoms with Gasteiger partial charge in [-0.2, -0.15) is 0 Å². The summed E-state index contributed by atoms with van der Waals surface area (Å²) < 4.78 is 0.370. The van der Waals surface area contributed by atoms with Crippen LogP contribution in [0.4, 0.5) is 0 Å². The van der Waals surface area contributed by atoms with Gasteiger partial charge in [0, 0.05) is 0 Å². The van der Waals surface area contributed by atoms with E-state index in [-0.39, 0.29) is 28.1 Å². The molecule has 0 aromatic rings. The minimum atomic E-state index is 0. The maximum Gasteiger partial charge on any atom is 2.00 e. The van der Waals surface area contributed by atoms with E-state index in [1.54, 1.807) is 0 Å². The summed E-state index contributed by atoms with van der Waals surface area (Å²) in [5.41, 5.74) is 0. The Hall–Kier alpha value is 0.583. The first-order valence-corrected chi connectivity index (χ1v) is 3.53. The summed E-state index contributed by atoms with van der Waals surface area (Å²) in [5, 5.41) is 0. The molecule has 56 valence electrons. The fourth-order valence-electron chi connectivity index (χ4n) is 0. The molecule has 0 aliphatic carbocycles. The second kappa shape index (κ2) is 13.2. The molecule has 0 saturated heterocycles. The van der Waals surface area contributed by atoms with E-state index in [9.17, 15) is 0 Å². The quantitative estimate of drug-likeness (QED) is 0.285. The van der Waals surface area contributed by atoms with Crippen LogP contribution in [0.3, 0.4) is 0 Å². The van der Waals surface area contributed by atoms with Gasteiger partial charge >= 0.3 is 19.5 Å². The number of hydrogen-bond acceptors (Lipinski definition) is 4. The van der Waals surface area contributed by atoms with Gasteiger partial charge in [0.1, 0.15) is 0 Å². The summed E-state index contributed by atoms with van der Waals surface area (Å²) in [6.07, 6.45) is 0. The minimum absolute atomic E-state index is 0. The Morgan fingerprint density at radius 3 is 1.09 bits per heavy atom. The second-order valence-corrected chi connectivity index (χ2v) is 2.91. The van der Waals surface area contributed by atoms with Crippen LogP contribution in [-0.2, 0) is 44.7 Å². The van der Waals surface area contributed by atoms with Gasteiger partial charge in [-0.15, -0.1) is 0 Å². The van der Waals surface area contributed by atoms with Crippen LogP contribution in [0.2, 0.25) is 0 Å². The number of aliphatic imine (C=N–C) groups is 2. The number of rotatable bonds is 0. The fraction of sp³-hybridized carbons (Fsp3) is 0. The third kappa shape index (κ3) is 37.1. The summed E-state index contributed by atoms with van der Waals surface area (Å²) in [5.74, 6) is 0. The van der Waals surface area contributed by atoms with E-state index < -0.39 is 0 Å². The van der Waals surface area contributed by atoms with Crippen molar-refractivity contribution in [2.24, 2.45) is 9.98 Å². The first-order chi connectivity index (χ1) is 4.54. The predicted octanol–water partition coefficient (Wildman–Crippen LogP) is 1.04. The average molecular weight is 274 g/mol. The normalized spacial score (nSPS) is 5.82. The molecule has 0 aromatic carbocycles. The van der Waals surface area contributed by atoms with Crippen molar-refractivity contribution in [1.82, 2.24) is 0 Å². The molecule has 0 fully saturated rings. The van der Waals surface area contributed by atoms with E-state index in [0.717, 1.165) is 0 Å². The van der Waals surface area contributed by atoms with Gasteiger partial charge in [-0.05, 0) is 22.1 Å². The Balaban J connectivity index is -0.000000107. The molecule has 0 N–H and O–H groups in total. The van der Waals surface area contributed by atoms with Crippen LogP contribution in [0, 0.1) is 0 Å². The van der Waals surface area contributed by atoms with Gasteiger partial charge in [0.15, 0.2) is 0 Å². The third-order valence-electron chi connectivity index (χ3n) is 0.258. The van der Waals surface area contributed by atoms with E-state index in [4.69, 9.17) is 0 Å². The van der Waals surface area contributed by atoms with Gasteiger partial charge in [-0.25, -0.2) is 0 Å². The molecule has 0 aromatic heterocycles. The molecule has 0 amide bonds. The topological polar surface area (TPSA) is 24.7 Å². The molecule has 0 spiro atoms. The molecule has 0 radical (unpaired) electrons. The maximum absolute atomic E-state index is 4.28. The zero-order chi connectivity index (χ0) is 8.57. The van der Waals surface area contributed by atoms with Crippen LogP contribution in [0.25, 0.3) is 0 Å². The van der Waals surface area contributed by atoms with E-state index in [1.165, 1.54) is 0 Å². The third-order valence-corrected chi connectivity index (χ3v) is 0.775. The predicted molar refractivity (Wildman–Crippen MR) is 59.0 cm³/mol. The molecule has 0 aliphatic heterocycles. The number of nitrogens with zero attached hydrogens (tertiary/aromatic N) is 2. The van der Waals surface area contributed by atoms with E-state index >= 15 is 0 Å².